The first-order chi connectivity index (χ1) is 12.6. The van der Waals surface area contributed by atoms with Gasteiger partial charge in [0.25, 0.3) is 5.56 Å². The minimum atomic E-state index is -0.543. The monoisotopic (exact) mass is 351 g/mol. The molecule has 1 heterocycles. The van der Waals surface area contributed by atoms with E-state index in [1.165, 1.54) is 16.8 Å². The van der Waals surface area contributed by atoms with Crippen LogP contribution in [-0.2, 0) is 11.3 Å². The number of aromatic nitrogens is 2. The lowest BCUT2D eigenvalue weighted by atomic mass is 10.2. The maximum absolute atomic E-state index is 12.2. The van der Waals surface area contributed by atoms with Crippen LogP contribution in [0.1, 0.15) is 6.42 Å². The van der Waals surface area contributed by atoms with E-state index in [1.807, 2.05) is 36.4 Å². The molecule has 0 atom stereocenters. The molecule has 3 aromatic rings. The Labute approximate surface area is 148 Å². The van der Waals surface area contributed by atoms with Crippen molar-refractivity contribution in [1.29, 1.82) is 0 Å². The van der Waals surface area contributed by atoms with Crippen LogP contribution in [0, 0.1) is 0 Å². The van der Waals surface area contributed by atoms with Gasteiger partial charge in [-0.25, -0.2) is 4.79 Å². The maximum atomic E-state index is 12.2. The van der Waals surface area contributed by atoms with Crippen LogP contribution in [0.2, 0.25) is 0 Å². The molecule has 0 saturated heterocycles. The summed E-state index contributed by atoms with van der Waals surface area (Å²) in [5.41, 5.74) is -0.476. The van der Waals surface area contributed by atoms with Crippen molar-refractivity contribution in [3.8, 4) is 11.5 Å². The zero-order valence-electron chi connectivity index (χ0n) is 13.8. The lowest BCUT2D eigenvalue weighted by Gasteiger charge is -2.12. The van der Waals surface area contributed by atoms with Gasteiger partial charge >= 0.3 is 5.69 Å². The molecule has 3 rings (SSSR count). The van der Waals surface area contributed by atoms with Crippen LogP contribution in [0.5, 0.6) is 11.5 Å². The summed E-state index contributed by atoms with van der Waals surface area (Å²) in [6.07, 6.45) is 1.44. The minimum absolute atomic E-state index is 0.0750. The van der Waals surface area contributed by atoms with Gasteiger partial charge in [-0.2, -0.15) is 0 Å². The highest BCUT2D eigenvalue weighted by Gasteiger charge is 2.09. The summed E-state index contributed by atoms with van der Waals surface area (Å²) in [5.74, 6) is 0.912. The number of hydrogen-bond donors (Lipinski definition) is 2. The number of aromatic amines is 1. The molecule has 1 aromatic heterocycles. The van der Waals surface area contributed by atoms with E-state index >= 15 is 0 Å². The number of ether oxygens (including phenoxy) is 1. The molecule has 0 saturated carbocycles. The van der Waals surface area contributed by atoms with E-state index in [2.05, 4.69) is 10.3 Å². The summed E-state index contributed by atoms with van der Waals surface area (Å²) in [4.78, 5) is 37.0. The molecule has 2 aromatic carbocycles. The van der Waals surface area contributed by atoms with Gasteiger partial charge in [-0.05, 0) is 24.3 Å². The van der Waals surface area contributed by atoms with Crippen molar-refractivity contribution in [1.82, 2.24) is 9.55 Å². The number of benzene rings is 2. The number of rotatable bonds is 6. The normalized spacial score (nSPS) is 10.3. The quantitative estimate of drug-likeness (QED) is 0.713. The fourth-order valence-corrected chi connectivity index (χ4v) is 2.33. The van der Waals surface area contributed by atoms with Gasteiger partial charge in [0, 0.05) is 25.2 Å². The molecule has 0 aliphatic rings. The fourth-order valence-electron chi connectivity index (χ4n) is 2.33. The average Bonchev–Trinajstić information content (AvgIpc) is 2.63. The third-order valence-electron chi connectivity index (χ3n) is 3.61. The van der Waals surface area contributed by atoms with Crippen LogP contribution in [0.25, 0.3) is 0 Å². The van der Waals surface area contributed by atoms with Crippen LogP contribution in [0.3, 0.4) is 0 Å². The van der Waals surface area contributed by atoms with Gasteiger partial charge < -0.3 is 14.6 Å². The molecule has 0 aliphatic carbocycles. The number of para-hydroxylation sites is 3. The predicted molar refractivity (Wildman–Crippen MR) is 97.5 cm³/mol. The number of nitrogens with one attached hydrogen (secondary N) is 2. The zero-order chi connectivity index (χ0) is 18.4. The minimum Gasteiger partial charge on any atom is -0.455 e. The number of anilines is 1. The van der Waals surface area contributed by atoms with Crippen molar-refractivity contribution in [2.45, 2.75) is 13.0 Å². The predicted octanol–water partition coefficient (Wildman–Crippen LogP) is 2.36. The number of hydrogen-bond acceptors (Lipinski definition) is 4. The molecule has 0 spiro atoms. The Morgan fingerprint density at radius 2 is 1.73 bits per heavy atom. The van der Waals surface area contributed by atoms with E-state index in [0.717, 1.165) is 0 Å². The van der Waals surface area contributed by atoms with Crippen molar-refractivity contribution < 1.29 is 9.53 Å². The van der Waals surface area contributed by atoms with E-state index in [1.54, 1.807) is 18.2 Å². The van der Waals surface area contributed by atoms with Crippen LogP contribution < -0.4 is 21.3 Å². The average molecular weight is 351 g/mol. The second-order valence-electron chi connectivity index (χ2n) is 5.51. The van der Waals surface area contributed by atoms with Crippen LogP contribution in [0.4, 0.5) is 5.69 Å². The molecule has 0 aliphatic heterocycles. The molecular weight excluding hydrogens is 334 g/mol. The van der Waals surface area contributed by atoms with Crippen molar-refractivity contribution in [3.05, 3.63) is 87.7 Å². The van der Waals surface area contributed by atoms with Gasteiger partial charge in [-0.3, -0.25) is 14.6 Å². The van der Waals surface area contributed by atoms with Crippen LogP contribution in [-0.4, -0.2) is 15.5 Å². The fraction of sp³-hybridized carbons (Fsp3) is 0.105. The topological polar surface area (TPSA) is 93.2 Å². The zero-order valence-corrected chi connectivity index (χ0v) is 13.8. The highest BCUT2D eigenvalue weighted by atomic mass is 16.5. The molecule has 0 unspecified atom stereocenters. The Morgan fingerprint density at radius 1 is 1.00 bits per heavy atom. The SMILES string of the molecule is O=C(CCn1ccc(=O)[nH]c1=O)Nc1ccccc1Oc1ccccc1. The summed E-state index contributed by atoms with van der Waals surface area (Å²) < 4.78 is 7.07. The van der Waals surface area contributed by atoms with Gasteiger partial charge in [0.2, 0.25) is 5.91 Å². The highest BCUT2D eigenvalue weighted by molar-refractivity contribution is 5.92. The molecular formula is C19H17N3O4. The molecule has 0 bridgehead atoms. The summed E-state index contributed by atoms with van der Waals surface area (Å²) in [6.45, 7) is 0.156. The molecule has 0 radical (unpaired) electrons. The van der Waals surface area contributed by atoms with Gasteiger partial charge in [0.1, 0.15) is 5.75 Å². The lowest BCUT2D eigenvalue weighted by molar-refractivity contribution is -0.116. The lowest BCUT2D eigenvalue weighted by Crippen LogP contribution is -2.29. The van der Waals surface area contributed by atoms with Crippen molar-refractivity contribution in [2.24, 2.45) is 0 Å². The third kappa shape index (κ3) is 4.47. The largest absolute Gasteiger partial charge is 0.455 e. The Kier molecular flexibility index (Phi) is 5.28. The molecule has 7 heteroatoms. The number of carbonyl (C=O) groups excluding carboxylic acids is 1. The number of H-pyrrole nitrogens is 1. The first-order valence-electron chi connectivity index (χ1n) is 8.03. The molecule has 0 fully saturated rings. The second-order valence-corrected chi connectivity index (χ2v) is 5.51. The molecule has 132 valence electrons. The highest BCUT2D eigenvalue weighted by Crippen LogP contribution is 2.29. The summed E-state index contributed by atoms with van der Waals surface area (Å²) >= 11 is 0. The van der Waals surface area contributed by atoms with E-state index in [-0.39, 0.29) is 18.9 Å². The maximum Gasteiger partial charge on any atom is 0.328 e. The summed E-state index contributed by atoms with van der Waals surface area (Å²) in [5, 5.41) is 2.78. The number of nitrogens with zero attached hydrogens (tertiary/aromatic N) is 1. The van der Waals surface area contributed by atoms with Gasteiger partial charge in [0.05, 0.1) is 5.69 Å². The molecule has 26 heavy (non-hydrogen) atoms. The first kappa shape index (κ1) is 17.2. The van der Waals surface area contributed by atoms with Gasteiger partial charge in [-0.1, -0.05) is 30.3 Å². The summed E-state index contributed by atoms with van der Waals surface area (Å²) in [6, 6.07) is 17.6. The Bertz CT molecular complexity index is 1010. The van der Waals surface area contributed by atoms with Crippen LogP contribution in [0.15, 0.2) is 76.4 Å². The first-order valence-corrected chi connectivity index (χ1v) is 8.03. The molecule has 1 amide bonds. The Hall–Kier alpha value is -3.61. The number of carbonyl (C=O) groups is 1. The van der Waals surface area contributed by atoms with Gasteiger partial charge in [0.15, 0.2) is 5.75 Å². The molecule has 7 nitrogen and oxygen atoms in total. The Morgan fingerprint density at radius 3 is 2.50 bits per heavy atom. The van der Waals surface area contributed by atoms with E-state index < -0.39 is 11.2 Å². The summed E-state index contributed by atoms with van der Waals surface area (Å²) in [7, 11) is 0. The van der Waals surface area contributed by atoms with Gasteiger partial charge in [-0.15, -0.1) is 0 Å². The van der Waals surface area contributed by atoms with Crippen molar-refractivity contribution >= 4 is 11.6 Å². The van der Waals surface area contributed by atoms with E-state index in [9.17, 15) is 14.4 Å². The van der Waals surface area contributed by atoms with Crippen molar-refractivity contribution in [3.63, 3.8) is 0 Å². The van der Waals surface area contributed by atoms with E-state index in [4.69, 9.17) is 4.74 Å². The van der Waals surface area contributed by atoms with Crippen molar-refractivity contribution in [2.75, 3.05) is 5.32 Å². The third-order valence-corrected chi connectivity index (χ3v) is 3.61. The smallest absolute Gasteiger partial charge is 0.328 e. The molecule has 2 N–H and O–H groups in total. The second kappa shape index (κ2) is 7.98. The number of amides is 1. The number of aryl methyl sites for hydroxylation is 1. The Balaban J connectivity index is 1.66. The standard InChI is InChI=1S/C19H17N3O4/c23-17(10-12-22-13-11-18(24)21-19(22)25)20-15-8-4-5-9-16(15)26-14-6-2-1-3-7-14/h1-9,11,13H,10,12H2,(H,20,23)(H,21,24,25). The van der Waals surface area contributed by atoms with Crippen LogP contribution >= 0.6 is 0 Å². The van der Waals surface area contributed by atoms with E-state index in [0.29, 0.717) is 17.2 Å².